The number of benzene rings is 5. The SMILES string of the molecule is Cc1c2ccc(-c3ccc(C4CCC(C)CC4)cc3)cc2c(C)c2ccc(-c3ccc(C4CCC(C)CC4)cc3)cc12. The normalized spacial score (nSPS) is 23.0. The number of aryl methyl sites for hydroxylation is 2. The van der Waals surface area contributed by atoms with Gasteiger partial charge in [0, 0.05) is 0 Å². The summed E-state index contributed by atoms with van der Waals surface area (Å²) in [6.45, 7) is 9.42. The minimum atomic E-state index is 0.742. The van der Waals surface area contributed by atoms with Crippen molar-refractivity contribution in [2.75, 3.05) is 0 Å². The lowest BCUT2D eigenvalue weighted by Crippen LogP contribution is -2.10. The molecule has 0 atom stereocenters. The van der Waals surface area contributed by atoms with Gasteiger partial charge in [-0.2, -0.15) is 0 Å². The Morgan fingerprint density at radius 3 is 1.07 bits per heavy atom. The van der Waals surface area contributed by atoms with E-state index in [2.05, 4.69) is 113 Å². The summed E-state index contributed by atoms with van der Waals surface area (Å²) in [5.74, 6) is 3.28. The molecule has 0 heteroatoms. The highest BCUT2D eigenvalue weighted by Gasteiger charge is 2.21. The predicted molar refractivity (Wildman–Crippen MR) is 183 cm³/mol. The molecule has 0 bridgehead atoms. The highest BCUT2D eigenvalue weighted by atomic mass is 14.3. The van der Waals surface area contributed by atoms with Crippen molar-refractivity contribution in [3.8, 4) is 22.3 Å². The van der Waals surface area contributed by atoms with Crippen LogP contribution in [0.25, 0.3) is 43.8 Å². The molecule has 5 aromatic rings. The molecular weight excluding hydrogens is 504 g/mol. The molecule has 0 aromatic heterocycles. The van der Waals surface area contributed by atoms with Crippen molar-refractivity contribution in [1.29, 1.82) is 0 Å². The molecule has 0 heterocycles. The van der Waals surface area contributed by atoms with Crippen LogP contribution in [0, 0.1) is 25.7 Å². The Labute approximate surface area is 253 Å². The van der Waals surface area contributed by atoms with Gasteiger partial charge in [0.2, 0.25) is 0 Å². The minimum Gasteiger partial charge on any atom is -0.0625 e. The van der Waals surface area contributed by atoms with Gasteiger partial charge in [0.25, 0.3) is 0 Å². The van der Waals surface area contributed by atoms with Gasteiger partial charge >= 0.3 is 0 Å². The van der Waals surface area contributed by atoms with Gasteiger partial charge in [0.1, 0.15) is 0 Å². The van der Waals surface area contributed by atoms with E-state index in [4.69, 9.17) is 0 Å². The van der Waals surface area contributed by atoms with Crippen LogP contribution in [0.15, 0.2) is 84.9 Å². The number of hydrogen-bond acceptors (Lipinski definition) is 0. The fraction of sp³-hybridized carbons (Fsp3) is 0.381. The highest BCUT2D eigenvalue weighted by molar-refractivity contribution is 6.07. The second-order valence-corrected chi connectivity index (χ2v) is 13.9. The largest absolute Gasteiger partial charge is 0.0625 e. The molecule has 0 N–H and O–H groups in total. The molecule has 0 saturated heterocycles. The lowest BCUT2D eigenvalue weighted by atomic mass is 9.79. The molecule has 0 spiro atoms. The molecule has 2 aliphatic carbocycles. The van der Waals surface area contributed by atoms with E-state index in [9.17, 15) is 0 Å². The lowest BCUT2D eigenvalue weighted by molar-refractivity contribution is 0.348. The Bertz CT molecular complexity index is 1570. The summed E-state index contributed by atoms with van der Waals surface area (Å²) < 4.78 is 0. The van der Waals surface area contributed by atoms with Crippen LogP contribution >= 0.6 is 0 Å². The van der Waals surface area contributed by atoms with E-state index in [1.807, 2.05) is 0 Å². The standard InChI is InChI=1S/C42H46/c1-27-5-9-31(10-6-27)33-13-17-35(18-14-33)37-21-23-39-30(4)42-26-38(22-24-40(42)29(3)41(39)25-37)36-19-15-34(16-20-36)32-11-7-28(2)8-12-32/h13-28,31-32H,5-12H2,1-4H3. The van der Waals surface area contributed by atoms with Gasteiger partial charge in [-0.05, 0) is 141 Å². The molecule has 0 amide bonds. The third-order valence-electron chi connectivity index (χ3n) is 11.1. The maximum atomic E-state index is 2.42. The second kappa shape index (κ2) is 11.4. The van der Waals surface area contributed by atoms with E-state index in [0.717, 1.165) is 23.7 Å². The summed E-state index contributed by atoms with van der Waals surface area (Å²) in [7, 11) is 0. The first-order chi connectivity index (χ1) is 20.4. The monoisotopic (exact) mass is 550 g/mol. The molecular formula is C42H46. The van der Waals surface area contributed by atoms with E-state index in [0.29, 0.717) is 0 Å². The molecule has 2 fully saturated rings. The van der Waals surface area contributed by atoms with Crippen LogP contribution in [0.4, 0.5) is 0 Å². The highest BCUT2D eigenvalue weighted by Crippen LogP contribution is 2.40. The van der Waals surface area contributed by atoms with E-state index >= 15 is 0 Å². The summed E-state index contributed by atoms with van der Waals surface area (Å²) in [6, 6.07) is 33.2. The Kier molecular flexibility index (Phi) is 7.43. The Balaban J connectivity index is 1.18. The second-order valence-electron chi connectivity index (χ2n) is 13.9. The topological polar surface area (TPSA) is 0 Å². The van der Waals surface area contributed by atoms with Gasteiger partial charge in [0.15, 0.2) is 0 Å². The van der Waals surface area contributed by atoms with Gasteiger partial charge in [0.05, 0.1) is 0 Å². The fourth-order valence-corrected chi connectivity index (χ4v) is 8.09. The Hall–Kier alpha value is -3.38. The average Bonchev–Trinajstić information content (AvgIpc) is 3.04. The first-order valence-corrected chi connectivity index (χ1v) is 16.6. The van der Waals surface area contributed by atoms with Crippen LogP contribution in [0.2, 0.25) is 0 Å². The van der Waals surface area contributed by atoms with Crippen molar-refractivity contribution in [2.24, 2.45) is 11.8 Å². The zero-order valence-corrected chi connectivity index (χ0v) is 26.0. The number of rotatable bonds is 4. The molecule has 0 nitrogen and oxygen atoms in total. The summed E-state index contributed by atoms with van der Waals surface area (Å²) >= 11 is 0. The van der Waals surface area contributed by atoms with Crippen molar-refractivity contribution in [3.05, 3.63) is 107 Å². The van der Waals surface area contributed by atoms with Crippen LogP contribution in [-0.4, -0.2) is 0 Å². The van der Waals surface area contributed by atoms with Gasteiger partial charge in [-0.25, -0.2) is 0 Å². The molecule has 0 unspecified atom stereocenters. The van der Waals surface area contributed by atoms with Crippen molar-refractivity contribution >= 4 is 21.5 Å². The van der Waals surface area contributed by atoms with E-state index in [1.54, 1.807) is 0 Å². The number of hydrogen-bond donors (Lipinski definition) is 0. The summed E-state index contributed by atoms with van der Waals surface area (Å²) in [5, 5.41) is 5.50. The van der Waals surface area contributed by atoms with Gasteiger partial charge in [-0.3, -0.25) is 0 Å². The number of fused-ring (bicyclic) bond motifs is 2. The van der Waals surface area contributed by atoms with Crippen LogP contribution in [-0.2, 0) is 0 Å². The average molecular weight is 551 g/mol. The molecule has 42 heavy (non-hydrogen) atoms. The Morgan fingerprint density at radius 1 is 0.381 bits per heavy atom. The quantitative estimate of drug-likeness (QED) is 0.195. The predicted octanol–water partition coefficient (Wildman–Crippen LogP) is 12.5. The molecule has 2 aliphatic rings. The lowest BCUT2D eigenvalue weighted by Gasteiger charge is -2.26. The van der Waals surface area contributed by atoms with Crippen LogP contribution in [0.3, 0.4) is 0 Å². The maximum absolute atomic E-state index is 2.42. The summed E-state index contributed by atoms with van der Waals surface area (Å²) in [5.41, 5.74) is 11.1. The molecule has 7 rings (SSSR count). The third-order valence-corrected chi connectivity index (χ3v) is 11.1. The molecule has 5 aromatic carbocycles. The molecule has 2 saturated carbocycles. The van der Waals surface area contributed by atoms with Gasteiger partial charge in [-0.1, -0.05) is 112 Å². The van der Waals surface area contributed by atoms with Crippen molar-refractivity contribution in [1.82, 2.24) is 0 Å². The van der Waals surface area contributed by atoms with Crippen LogP contribution in [0.1, 0.15) is 99.3 Å². The van der Waals surface area contributed by atoms with Gasteiger partial charge in [-0.15, -0.1) is 0 Å². The zero-order chi connectivity index (χ0) is 28.8. The molecule has 0 aliphatic heterocycles. The first kappa shape index (κ1) is 27.5. The van der Waals surface area contributed by atoms with E-state index in [-0.39, 0.29) is 0 Å². The van der Waals surface area contributed by atoms with Crippen LogP contribution in [0.5, 0.6) is 0 Å². The van der Waals surface area contributed by atoms with E-state index < -0.39 is 0 Å². The molecule has 214 valence electrons. The fourth-order valence-electron chi connectivity index (χ4n) is 8.09. The zero-order valence-electron chi connectivity index (χ0n) is 26.0. The van der Waals surface area contributed by atoms with Crippen molar-refractivity contribution in [3.63, 3.8) is 0 Å². The van der Waals surface area contributed by atoms with Crippen LogP contribution < -0.4 is 0 Å². The Morgan fingerprint density at radius 2 is 0.714 bits per heavy atom. The van der Waals surface area contributed by atoms with Crippen molar-refractivity contribution in [2.45, 2.75) is 90.9 Å². The summed E-state index contributed by atoms with van der Waals surface area (Å²) in [4.78, 5) is 0. The van der Waals surface area contributed by atoms with E-state index in [1.165, 1.54) is 117 Å². The third kappa shape index (κ3) is 5.19. The van der Waals surface area contributed by atoms with Gasteiger partial charge < -0.3 is 0 Å². The maximum Gasteiger partial charge on any atom is -0.0139 e. The van der Waals surface area contributed by atoms with Crippen molar-refractivity contribution < 1.29 is 0 Å². The summed E-state index contributed by atoms with van der Waals surface area (Å²) in [6.07, 6.45) is 10.9. The minimum absolute atomic E-state index is 0.742. The smallest absolute Gasteiger partial charge is 0.0139 e. The first-order valence-electron chi connectivity index (χ1n) is 16.6. The molecule has 0 radical (unpaired) electrons.